The van der Waals surface area contributed by atoms with E-state index in [9.17, 15) is 0 Å². The fourth-order valence-corrected chi connectivity index (χ4v) is 2.55. The monoisotopic (exact) mass is 250 g/mol. The van der Waals surface area contributed by atoms with Crippen molar-refractivity contribution in [2.24, 2.45) is 7.05 Å². The second kappa shape index (κ2) is 5.31. The van der Waals surface area contributed by atoms with E-state index in [1.54, 1.807) is 0 Å². The molecule has 1 N–H and O–H groups in total. The van der Waals surface area contributed by atoms with Crippen molar-refractivity contribution in [3.8, 4) is 0 Å². The minimum Gasteiger partial charge on any atom is -0.354 e. The Labute approximate surface area is 110 Å². The van der Waals surface area contributed by atoms with Crippen LogP contribution >= 0.6 is 0 Å². The molecule has 4 heteroatoms. The molecule has 0 aromatic carbocycles. The molecule has 1 saturated carbocycles. The first kappa shape index (κ1) is 13.4. The number of hydrogen-bond donors (Lipinski definition) is 1. The predicted molar refractivity (Wildman–Crippen MR) is 76.0 cm³/mol. The Morgan fingerprint density at radius 3 is 2.61 bits per heavy atom. The summed E-state index contributed by atoms with van der Waals surface area (Å²) < 4.78 is 2.03. The van der Waals surface area contributed by atoms with Gasteiger partial charge in [-0.25, -0.2) is 0 Å². The summed E-state index contributed by atoms with van der Waals surface area (Å²) in [5, 5.41) is 8.20. The summed E-state index contributed by atoms with van der Waals surface area (Å²) in [6, 6.07) is 1.25. The van der Waals surface area contributed by atoms with Gasteiger partial charge in [-0.1, -0.05) is 0 Å². The van der Waals surface area contributed by atoms with Crippen LogP contribution in [0.25, 0.3) is 0 Å². The molecule has 0 bridgehead atoms. The van der Waals surface area contributed by atoms with Gasteiger partial charge in [-0.05, 0) is 40.5 Å². The van der Waals surface area contributed by atoms with Crippen molar-refractivity contribution in [2.75, 3.05) is 11.4 Å². The zero-order valence-corrected chi connectivity index (χ0v) is 12.3. The lowest BCUT2D eigenvalue weighted by Gasteiger charge is -2.28. The quantitative estimate of drug-likeness (QED) is 0.840. The predicted octanol–water partition coefficient (Wildman–Crippen LogP) is 2.22. The van der Waals surface area contributed by atoms with Gasteiger partial charge in [0.15, 0.2) is 0 Å². The first-order valence-corrected chi connectivity index (χ1v) is 7.07. The van der Waals surface area contributed by atoms with Crippen LogP contribution in [0.5, 0.6) is 0 Å². The molecule has 0 radical (unpaired) electrons. The molecule has 1 aromatic heterocycles. The van der Waals surface area contributed by atoms with Crippen molar-refractivity contribution < 1.29 is 0 Å². The van der Waals surface area contributed by atoms with Crippen molar-refractivity contribution in [1.82, 2.24) is 15.1 Å². The average molecular weight is 250 g/mol. The van der Waals surface area contributed by atoms with Gasteiger partial charge in [-0.3, -0.25) is 4.68 Å². The lowest BCUT2D eigenvalue weighted by molar-refractivity contribution is 0.638. The summed E-state index contributed by atoms with van der Waals surface area (Å²) >= 11 is 0. The molecule has 0 spiro atoms. The number of nitrogens with one attached hydrogen (secondary N) is 1. The molecule has 1 aliphatic rings. The van der Waals surface area contributed by atoms with Crippen LogP contribution in [-0.4, -0.2) is 28.4 Å². The Kier molecular flexibility index (Phi) is 3.95. The van der Waals surface area contributed by atoms with Crippen LogP contribution < -0.4 is 10.2 Å². The van der Waals surface area contributed by atoms with Crippen LogP contribution in [-0.2, 0) is 13.6 Å². The number of rotatable bonds is 6. The lowest BCUT2D eigenvalue weighted by atomic mass is 10.2. The number of anilines is 1. The third-order valence-electron chi connectivity index (χ3n) is 3.69. The Morgan fingerprint density at radius 2 is 2.11 bits per heavy atom. The highest BCUT2D eigenvalue weighted by Gasteiger charge is 2.24. The topological polar surface area (TPSA) is 33.1 Å². The van der Waals surface area contributed by atoms with E-state index in [1.165, 1.54) is 24.2 Å². The van der Waals surface area contributed by atoms with E-state index in [1.807, 2.05) is 11.7 Å². The summed E-state index contributed by atoms with van der Waals surface area (Å²) in [5.74, 6) is 1.28. The molecule has 2 rings (SSSR count). The second-order valence-electron chi connectivity index (χ2n) is 5.55. The van der Waals surface area contributed by atoms with Crippen LogP contribution in [0.1, 0.15) is 44.9 Å². The van der Waals surface area contributed by atoms with Crippen LogP contribution in [0, 0.1) is 6.92 Å². The third kappa shape index (κ3) is 2.69. The molecule has 4 nitrogen and oxygen atoms in total. The molecule has 1 fully saturated rings. The maximum Gasteiger partial charge on any atom is 0.131 e. The van der Waals surface area contributed by atoms with Gasteiger partial charge in [-0.2, -0.15) is 5.10 Å². The molecule has 18 heavy (non-hydrogen) atoms. The van der Waals surface area contributed by atoms with Crippen LogP contribution in [0.2, 0.25) is 0 Å². The molecule has 0 atom stereocenters. The number of hydrogen-bond acceptors (Lipinski definition) is 3. The third-order valence-corrected chi connectivity index (χ3v) is 3.69. The van der Waals surface area contributed by atoms with Gasteiger partial charge in [0.1, 0.15) is 5.82 Å². The maximum absolute atomic E-state index is 4.60. The Balaban J connectivity index is 2.24. The highest BCUT2D eigenvalue weighted by atomic mass is 15.4. The van der Waals surface area contributed by atoms with Crippen LogP contribution in [0.3, 0.4) is 0 Å². The summed E-state index contributed by atoms with van der Waals surface area (Å²) in [6.07, 6.45) is 2.66. The van der Waals surface area contributed by atoms with Crippen molar-refractivity contribution in [1.29, 1.82) is 0 Å². The van der Waals surface area contributed by atoms with Gasteiger partial charge in [-0.15, -0.1) is 0 Å². The molecule has 0 amide bonds. The van der Waals surface area contributed by atoms with E-state index >= 15 is 0 Å². The Morgan fingerprint density at radius 1 is 1.44 bits per heavy atom. The zero-order valence-electron chi connectivity index (χ0n) is 12.3. The number of nitrogens with zero attached hydrogens (tertiary/aromatic N) is 3. The Hall–Kier alpha value is -1.03. The molecular weight excluding hydrogens is 224 g/mol. The van der Waals surface area contributed by atoms with Gasteiger partial charge in [0, 0.05) is 37.8 Å². The Bertz CT molecular complexity index is 404. The molecule has 1 heterocycles. The minimum atomic E-state index is 0.504. The summed E-state index contributed by atoms with van der Waals surface area (Å²) in [4.78, 5) is 2.42. The smallest absolute Gasteiger partial charge is 0.131 e. The van der Waals surface area contributed by atoms with E-state index in [2.05, 4.69) is 43.0 Å². The van der Waals surface area contributed by atoms with E-state index < -0.39 is 0 Å². The highest BCUT2D eigenvalue weighted by molar-refractivity contribution is 5.50. The van der Waals surface area contributed by atoms with E-state index in [-0.39, 0.29) is 0 Å². The first-order valence-electron chi connectivity index (χ1n) is 7.07. The van der Waals surface area contributed by atoms with Gasteiger partial charge in [0.05, 0.1) is 5.69 Å². The number of aryl methyl sites for hydroxylation is 2. The average Bonchev–Trinajstić information content (AvgIpc) is 3.07. The molecule has 0 aliphatic heterocycles. The zero-order chi connectivity index (χ0) is 13.3. The van der Waals surface area contributed by atoms with Crippen LogP contribution in [0.15, 0.2) is 0 Å². The molecular formula is C14H26N4. The standard InChI is InChI=1S/C14H26N4/c1-6-18(10(2)3)14-13(9-15-12-7-8-12)11(4)16-17(14)5/h10,12,15H,6-9H2,1-5H3. The largest absolute Gasteiger partial charge is 0.354 e. The van der Waals surface area contributed by atoms with Gasteiger partial charge < -0.3 is 10.2 Å². The molecule has 1 aromatic rings. The summed E-state index contributed by atoms with van der Waals surface area (Å²) in [7, 11) is 2.05. The molecule has 102 valence electrons. The minimum absolute atomic E-state index is 0.504. The van der Waals surface area contributed by atoms with Gasteiger partial charge >= 0.3 is 0 Å². The number of aromatic nitrogens is 2. The van der Waals surface area contributed by atoms with E-state index in [4.69, 9.17) is 0 Å². The van der Waals surface area contributed by atoms with Crippen molar-refractivity contribution in [3.05, 3.63) is 11.3 Å². The van der Waals surface area contributed by atoms with Crippen LogP contribution in [0.4, 0.5) is 5.82 Å². The van der Waals surface area contributed by atoms with Gasteiger partial charge in [0.2, 0.25) is 0 Å². The molecule has 0 unspecified atom stereocenters. The summed E-state index contributed by atoms with van der Waals surface area (Å²) in [6.45, 7) is 10.8. The molecule has 1 aliphatic carbocycles. The molecule has 0 saturated heterocycles. The fourth-order valence-electron chi connectivity index (χ4n) is 2.55. The van der Waals surface area contributed by atoms with E-state index in [0.29, 0.717) is 6.04 Å². The SMILES string of the molecule is CCN(c1c(CNC2CC2)c(C)nn1C)C(C)C. The lowest BCUT2D eigenvalue weighted by Crippen LogP contribution is -2.33. The van der Waals surface area contributed by atoms with E-state index in [0.717, 1.165) is 24.8 Å². The first-order chi connectivity index (χ1) is 8.54. The van der Waals surface area contributed by atoms with Crippen molar-refractivity contribution in [3.63, 3.8) is 0 Å². The summed E-state index contributed by atoms with van der Waals surface area (Å²) in [5.41, 5.74) is 2.51. The second-order valence-corrected chi connectivity index (χ2v) is 5.55. The maximum atomic E-state index is 4.60. The highest BCUT2D eigenvalue weighted by Crippen LogP contribution is 2.26. The van der Waals surface area contributed by atoms with Crippen molar-refractivity contribution in [2.45, 2.75) is 59.2 Å². The normalized spacial score (nSPS) is 15.4. The fraction of sp³-hybridized carbons (Fsp3) is 0.786. The van der Waals surface area contributed by atoms with Gasteiger partial charge in [0.25, 0.3) is 0 Å². The van der Waals surface area contributed by atoms with Crippen molar-refractivity contribution >= 4 is 5.82 Å².